The number of aliphatic hydroxyl groups is 1. The molecule has 2 aromatic rings. The molecule has 0 saturated carbocycles. The van der Waals surface area contributed by atoms with Crippen LogP contribution in [-0.2, 0) is 20.0 Å². The van der Waals surface area contributed by atoms with Crippen molar-refractivity contribution in [2.75, 3.05) is 13.2 Å². The van der Waals surface area contributed by atoms with Gasteiger partial charge in [0.15, 0.2) is 0 Å². The highest BCUT2D eigenvalue weighted by Gasteiger charge is 2.11. The van der Waals surface area contributed by atoms with Gasteiger partial charge in [-0.15, -0.1) is 0 Å². The summed E-state index contributed by atoms with van der Waals surface area (Å²) in [5.41, 5.74) is 3.69. The van der Waals surface area contributed by atoms with Crippen LogP contribution in [0.25, 0.3) is 0 Å². The molecule has 0 aliphatic rings. The molecule has 1 heterocycles. The van der Waals surface area contributed by atoms with Crippen LogP contribution in [0.1, 0.15) is 36.1 Å². The van der Waals surface area contributed by atoms with Crippen molar-refractivity contribution in [3.05, 3.63) is 53.3 Å². The average Bonchev–Trinajstić information content (AvgIpc) is 2.87. The molecule has 21 heavy (non-hydrogen) atoms. The fourth-order valence-electron chi connectivity index (χ4n) is 2.68. The summed E-state index contributed by atoms with van der Waals surface area (Å²) in [5, 5.41) is 17.2. The van der Waals surface area contributed by atoms with Crippen molar-refractivity contribution in [1.29, 1.82) is 0 Å². The fourth-order valence-corrected chi connectivity index (χ4v) is 2.68. The van der Waals surface area contributed by atoms with E-state index < -0.39 is 0 Å². The number of aromatic nitrogens is 2. The van der Waals surface area contributed by atoms with Crippen LogP contribution in [-0.4, -0.2) is 28.0 Å². The summed E-state index contributed by atoms with van der Waals surface area (Å²) < 4.78 is 1.87. The van der Waals surface area contributed by atoms with Crippen molar-refractivity contribution in [2.45, 2.75) is 32.2 Å². The second kappa shape index (κ2) is 7.96. The normalized spacial score (nSPS) is 12.5. The van der Waals surface area contributed by atoms with Gasteiger partial charge >= 0.3 is 0 Å². The van der Waals surface area contributed by atoms with Crippen LogP contribution in [0.2, 0.25) is 0 Å². The van der Waals surface area contributed by atoms with E-state index in [9.17, 15) is 5.11 Å². The van der Waals surface area contributed by atoms with Gasteiger partial charge in [0.25, 0.3) is 0 Å². The van der Waals surface area contributed by atoms with E-state index in [1.54, 1.807) is 0 Å². The lowest BCUT2D eigenvalue weighted by Crippen LogP contribution is -2.22. The molecule has 2 rings (SSSR count). The minimum atomic E-state index is 0.217. The first-order valence-corrected chi connectivity index (χ1v) is 7.62. The van der Waals surface area contributed by atoms with E-state index in [0.717, 1.165) is 31.6 Å². The molecule has 4 heteroatoms. The molecule has 0 aliphatic carbocycles. The summed E-state index contributed by atoms with van der Waals surface area (Å²) in [4.78, 5) is 0. The second-order valence-electron chi connectivity index (χ2n) is 5.38. The Balaban J connectivity index is 1.93. The number of hydrogen-bond acceptors (Lipinski definition) is 3. The molecule has 1 unspecified atom stereocenters. The van der Waals surface area contributed by atoms with E-state index >= 15 is 0 Å². The summed E-state index contributed by atoms with van der Waals surface area (Å²) in [6, 6.07) is 10.4. The van der Waals surface area contributed by atoms with Gasteiger partial charge in [0.05, 0.1) is 5.69 Å². The molecule has 0 spiro atoms. The van der Waals surface area contributed by atoms with E-state index in [0.29, 0.717) is 5.92 Å². The van der Waals surface area contributed by atoms with E-state index in [1.165, 1.54) is 11.1 Å². The molecule has 2 N–H and O–H groups in total. The molecule has 1 atom stereocenters. The summed E-state index contributed by atoms with van der Waals surface area (Å²) in [5.74, 6) is 0.345. The number of aryl methyl sites for hydroxylation is 2. The van der Waals surface area contributed by atoms with Crippen molar-refractivity contribution in [2.24, 2.45) is 7.05 Å². The zero-order valence-electron chi connectivity index (χ0n) is 12.9. The molecule has 0 bridgehead atoms. The highest BCUT2D eigenvalue weighted by atomic mass is 16.3. The lowest BCUT2D eigenvalue weighted by atomic mass is 9.96. The Morgan fingerprint density at radius 1 is 1.29 bits per heavy atom. The minimum Gasteiger partial charge on any atom is -0.396 e. The Kier molecular flexibility index (Phi) is 5.96. The van der Waals surface area contributed by atoms with Crippen molar-refractivity contribution in [1.82, 2.24) is 15.1 Å². The third-order valence-electron chi connectivity index (χ3n) is 3.78. The van der Waals surface area contributed by atoms with Gasteiger partial charge in [-0.05, 0) is 24.3 Å². The van der Waals surface area contributed by atoms with Crippen LogP contribution in [0.3, 0.4) is 0 Å². The van der Waals surface area contributed by atoms with Crippen molar-refractivity contribution < 1.29 is 5.11 Å². The number of benzene rings is 1. The Labute approximate surface area is 126 Å². The van der Waals surface area contributed by atoms with Crippen LogP contribution in [0.15, 0.2) is 36.5 Å². The highest BCUT2D eigenvalue weighted by molar-refractivity contribution is 5.20. The molecule has 0 radical (unpaired) electrons. The van der Waals surface area contributed by atoms with Crippen LogP contribution in [0.4, 0.5) is 0 Å². The molecule has 114 valence electrons. The SMILES string of the molecule is CCc1nn(C)cc1CNCC(CCO)c1ccccc1. The number of aliphatic hydroxyl groups excluding tert-OH is 1. The lowest BCUT2D eigenvalue weighted by Gasteiger charge is -2.17. The fraction of sp³-hybridized carbons (Fsp3) is 0.471. The zero-order chi connectivity index (χ0) is 15.1. The smallest absolute Gasteiger partial charge is 0.0666 e. The average molecular weight is 287 g/mol. The highest BCUT2D eigenvalue weighted by Crippen LogP contribution is 2.18. The summed E-state index contributed by atoms with van der Waals surface area (Å²) >= 11 is 0. The van der Waals surface area contributed by atoms with E-state index in [-0.39, 0.29) is 6.61 Å². The maximum Gasteiger partial charge on any atom is 0.0666 e. The predicted molar refractivity (Wildman–Crippen MR) is 85.2 cm³/mol. The lowest BCUT2D eigenvalue weighted by molar-refractivity contribution is 0.273. The molecular weight excluding hydrogens is 262 g/mol. The van der Waals surface area contributed by atoms with Crippen LogP contribution in [0, 0.1) is 0 Å². The zero-order valence-corrected chi connectivity index (χ0v) is 12.9. The maximum absolute atomic E-state index is 9.26. The monoisotopic (exact) mass is 287 g/mol. The van der Waals surface area contributed by atoms with E-state index in [4.69, 9.17) is 0 Å². The third kappa shape index (κ3) is 4.41. The molecule has 1 aromatic heterocycles. The minimum absolute atomic E-state index is 0.217. The number of nitrogens with one attached hydrogen (secondary N) is 1. The van der Waals surface area contributed by atoms with Crippen LogP contribution in [0.5, 0.6) is 0 Å². The number of rotatable bonds is 8. The van der Waals surface area contributed by atoms with Crippen molar-refractivity contribution in [3.63, 3.8) is 0 Å². The summed E-state index contributed by atoms with van der Waals surface area (Å²) in [6.45, 7) is 4.03. The largest absolute Gasteiger partial charge is 0.396 e. The molecule has 1 aromatic carbocycles. The Bertz CT molecular complexity index is 536. The van der Waals surface area contributed by atoms with Crippen molar-refractivity contribution >= 4 is 0 Å². The molecule has 0 aliphatic heterocycles. The van der Waals surface area contributed by atoms with Gasteiger partial charge in [-0.25, -0.2) is 0 Å². The van der Waals surface area contributed by atoms with Crippen molar-refractivity contribution in [3.8, 4) is 0 Å². The Morgan fingerprint density at radius 3 is 2.71 bits per heavy atom. The van der Waals surface area contributed by atoms with Crippen LogP contribution >= 0.6 is 0 Å². The first kappa shape index (κ1) is 15.7. The summed E-state index contributed by atoms with van der Waals surface area (Å²) in [6.07, 6.45) is 3.82. The third-order valence-corrected chi connectivity index (χ3v) is 3.78. The van der Waals surface area contributed by atoms with Gasteiger partial charge < -0.3 is 10.4 Å². The van der Waals surface area contributed by atoms with Crippen LogP contribution < -0.4 is 5.32 Å². The summed E-state index contributed by atoms with van der Waals surface area (Å²) in [7, 11) is 1.96. The van der Waals surface area contributed by atoms with Gasteiger partial charge in [-0.1, -0.05) is 37.3 Å². The number of nitrogens with zero attached hydrogens (tertiary/aromatic N) is 2. The number of hydrogen-bond donors (Lipinski definition) is 2. The van der Waals surface area contributed by atoms with Gasteiger partial charge in [0, 0.05) is 38.5 Å². The standard InChI is InChI=1S/C17H25N3O/c1-3-17-16(13-20(2)19-17)12-18-11-15(9-10-21)14-7-5-4-6-8-14/h4-8,13,15,18,21H,3,9-12H2,1-2H3. The molecular formula is C17H25N3O. The maximum atomic E-state index is 9.26. The van der Waals surface area contributed by atoms with Gasteiger partial charge in [-0.3, -0.25) is 4.68 Å². The van der Waals surface area contributed by atoms with Gasteiger partial charge in [0.2, 0.25) is 0 Å². The second-order valence-corrected chi connectivity index (χ2v) is 5.38. The first-order valence-electron chi connectivity index (χ1n) is 7.62. The first-order chi connectivity index (χ1) is 10.2. The van der Waals surface area contributed by atoms with E-state index in [1.807, 2.05) is 17.8 Å². The quantitative estimate of drug-likeness (QED) is 0.783. The molecule has 0 saturated heterocycles. The van der Waals surface area contributed by atoms with Gasteiger partial charge in [0.1, 0.15) is 0 Å². The topological polar surface area (TPSA) is 50.1 Å². The Hall–Kier alpha value is -1.65. The predicted octanol–water partition coefficient (Wildman–Crippen LogP) is 2.24. The molecule has 0 amide bonds. The molecule has 4 nitrogen and oxygen atoms in total. The van der Waals surface area contributed by atoms with E-state index in [2.05, 4.69) is 47.8 Å². The Morgan fingerprint density at radius 2 is 2.05 bits per heavy atom. The van der Waals surface area contributed by atoms with Gasteiger partial charge in [-0.2, -0.15) is 5.10 Å². The molecule has 0 fully saturated rings.